The molecule has 0 aromatic heterocycles. The van der Waals surface area contributed by atoms with Gasteiger partial charge >= 0.3 is 0 Å². The fourth-order valence-electron chi connectivity index (χ4n) is 0.529. The summed E-state index contributed by atoms with van der Waals surface area (Å²) in [6.45, 7) is 5.99. The minimum atomic E-state index is 0.952. The molecule has 0 saturated carbocycles. The van der Waals surface area contributed by atoms with Crippen molar-refractivity contribution >= 4 is 0 Å². The summed E-state index contributed by atoms with van der Waals surface area (Å²) < 4.78 is 0. The summed E-state index contributed by atoms with van der Waals surface area (Å²) in [6, 6.07) is 0. The second-order valence-corrected chi connectivity index (χ2v) is 1.52. The maximum Gasteiger partial charge on any atom is 0.0950 e. The standard InChI is InChI=1S/C6H13NO/c1-3-7(4-2)5-6-8/h5-6,8H,3-4H2,1-2H3/b6-5-. The van der Waals surface area contributed by atoms with Gasteiger partial charge in [0.15, 0.2) is 0 Å². The first kappa shape index (κ1) is 7.34. The quantitative estimate of drug-likeness (QED) is 0.561. The van der Waals surface area contributed by atoms with E-state index in [0.29, 0.717) is 0 Å². The Morgan fingerprint density at radius 1 is 1.38 bits per heavy atom. The van der Waals surface area contributed by atoms with E-state index in [1.165, 1.54) is 0 Å². The Bertz CT molecular complexity index is 66.9. The number of hydrogen-bond donors (Lipinski definition) is 1. The van der Waals surface area contributed by atoms with Crippen molar-refractivity contribution in [3.05, 3.63) is 12.5 Å². The normalized spacial score (nSPS) is 10.2. The van der Waals surface area contributed by atoms with Gasteiger partial charge in [-0.25, -0.2) is 0 Å². The second-order valence-electron chi connectivity index (χ2n) is 1.52. The lowest BCUT2D eigenvalue weighted by Gasteiger charge is -2.12. The van der Waals surface area contributed by atoms with Crippen LogP contribution < -0.4 is 0 Å². The van der Waals surface area contributed by atoms with Crippen molar-refractivity contribution in [2.75, 3.05) is 13.1 Å². The number of aliphatic hydroxyl groups is 1. The van der Waals surface area contributed by atoms with Gasteiger partial charge in [-0.05, 0) is 13.8 Å². The Balaban J connectivity index is 3.36. The number of hydrogen-bond acceptors (Lipinski definition) is 2. The summed E-state index contributed by atoms with van der Waals surface area (Å²) >= 11 is 0. The molecule has 48 valence electrons. The molecule has 0 atom stereocenters. The first-order valence-corrected chi connectivity index (χ1v) is 2.90. The Morgan fingerprint density at radius 3 is 2.00 bits per heavy atom. The van der Waals surface area contributed by atoms with Gasteiger partial charge in [0, 0.05) is 19.3 Å². The van der Waals surface area contributed by atoms with Crippen molar-refractivity contribution in [3.63, 3.8) is 0 Å². The van der Waals surface area contributed by atoms with E-state index >= 15 is 0 Å². The van der Waals surface area contributed by atoms with E-state index in [9.17, 15) is 0 Å². The Morgan fingerprint density at radius 2 is 1.88 bits per heavy atom. The molecule has 0 spiro atoms. The van der Waals surface area contributed by atoms with Crippen LogP contribution in [0.5, 0.6) is 0 Å². The van der Waals surface area contributed by atoms with Crippen LogP contribution in [-0.4, -0.2) is 23.1 Å². The summed E-state index contributed by atoms with van der Waals surface area (Å²) in [5, 5.41) is 8.28. The molecule has 0 aromatic carbocycles. The maximum absolute atomic E-state index is 8.28. The lowest BCUT2D eigenvalue weighted by atomic mass is 10.5. The van der Waals surface area contributed by atoms with Gasteiger partial charge < -0.3 is 10.0 Å². The highest BCUT2D eigenvalue weighted by Crippen LogP contribution is 1.84. The molecule has 0 heterocycles. The van der Waals surface area contributed by atoms with Gasteiger partial charge in [0.1, 0.15) is 0 Å². The maximum atomic E-state index is 8.28. The molecule has 0 aromatic rings. The summed E-state index contributed by atoms with van der Waals surface area (Å²) in [5.41, 5.74) is 0. The monoisotopic (exact) mass is 115 g/mol. The van der Waals surface area contributed by atoms with Crippen molar-refractivity contribution < 1.29 is 5.11 Å². The molecular weight excluding hydrogens is 102 g/mol. The molecule has 0 bridgehead atoms. The third-order valence-corrected chi connectivity index (χ3v) is 1.09. The van der Waals surface area contributed by atoms with E-state index in [1.807, 2.05) is 18.7 Å². The second kappa shape index (κ2) is 4.50. The van der Waals surface area contributed by atoms with E-state index in [-0.39, 0.29) is 0 Å². The Hall–Kier alpha value is -0.660. The molecule has 8 heavy (non-hydrogen) atoms. The molecule has 0 radical (unpaired) electrons. The number of nitrogens with zero attached hydrogens (tertiary/aromatic N) is 1. The number of aliphatic hydroxyl groups excluding tert-OH is 1. The largest absolute Gasteiger partial charge is 0.514 e. The van der Waals surface area contributed by atoms with Gasteiger partial charge in [0.2, 0.25) is 0 Å². The third-order valence-electron chi connectivity index (χ3n) is 1.09. The predicted molar refractivity (Wildman–Crippen MR) is 34.7 cm³/mol. The number of rotatable bonds is 3. The Labute approximate surface area is 50.4 Å². The van der Waals surface area contributed by atoms with Crippen LogP contribution >= 0.6 is 0 Å². The molecule has 1 N–H and O–H groups in total. The van der Waals surface area contributed by atoms with Gasteiger partial charge in [-0.15, -0.1) is 0 Å². The summed E-state index contributed by atoms with van der Waals surface area (Å²) in [5.74, 6) is 0. The molecule has 0 aliphatic heterocycles. The molecule has 0 rings (SSSR count). The molecule has 0 fully saturated rings. The zero-order chi connectivity index (χ0) is 6.41. The first-order valence-electron chi connectivity index (χ1n) is 2.90. The average Bonchev–Trinajstić information content (AvgIpc) is 1.83. The van der Waals surface area contributed by atoms with Gasteiger partial charge in [-0.2, -0.15) is 0 Å². The van der Waals surface area contributed by atoms with Gasteiger partial charge in [-0.1, -0.05) is 0 Å². The molecule has 0 saturated heterocycles. The lowest BCUT2D eigenvalue weighted by Crippen LogP contribution is -2.14. The highest BCUT2D eigenvalue weighted by molar-refractivity contribution is 4.71. The van der Waals surface area contributed by atoms with Crippen molar-refractivity contribution in [2.45, 2.75) is 13.8 Å². The fraction of sp³-hybridized carbons (Fsp3) is 0.667. The van der Waals surface area contributed by atoms with Crippen molar-refractivity contribution in [2.24, 2.45) is 0 Å². The van der Waals surface area contributed by atoms with E-state index < -0.39 is 0 Å². The Kier molecular flexibility index (Phi) is 4.13. The summed E-state index contributed by atoms with van der Waals surface area (Å²) in [7, 11) is 0. The lowest BCUT2D eigenvalue weighted by molar-refractivity contribution is 0.388. The highest BCUT2D eigenvalue weighted by atomic mass is 16.2. The first-order chi connectivity index (χ1) is 3.85. The summed E-state index contributed by atoms with van der Waals surface area (Å²) in [6.07, 6.45) is 2.73. The van der Waals surface area contributed by atoms with E-state index in [4.69, 9.17) is 5.11 Å². The van der Waals surface area contributed by atoms with Crippen LogP contribution in [0.4, 0.5) is 0 Å². The third kappa shape index (κ3) is 2.50. The van der Waals surface area contributed by atoms with Gasteiger partial charge in [0.25, 0.3) is 0 Å². The van der Waals surface area contributed by atoms with Crippen LogP contribution in [0.15, 0.2) is 12.5 Å². The van der Waals surface area contributed by atoms with Crippen molar-refractivity contribution in [3.8, 4) is 0 Å². The SMILES string of the molecule is CCN(/C=C\O)CC. The molecule has 0 aliphatic carbocycles. The highest BCUT2D eigenvalue weighted by Gasteiger charge is 1.85. The molecule has 0 amide bonds. The van der Waals surface area contributed by atoms with E-state index in [1.54, 1.807) is 6.20 Å². The van der Waals surface area contributed by atoms with Crippen LogP contribution in [0, 0.1) is 0 Å². The minimum Gasteiger partial charge on any atom is -0.514 e. The van der Waals surface area contributed by atoms with Gasteiger partial charge in [-0.3, -0.25) is 0 Å². The van der Waals surface area contributed by atoms with Crippen LogP contribution in [0.25, 0.3) is 0 Å². The fourth-order valence-corrected chi connectivity index (χ4v) is 0.529. The topological polar surface area (TPSA) is 23.5 Å². The molecule has 2 heteroatoms. The molecule has 0 aliphatic rings. The van der Waals surface area contributed by atoms with Gasteiger partial charge in [0.05, 0.1) is 6.26 Å². The molecule has 2 nitrogen and oxygen atoms in total. The van der Waals surface area contributed by atoms with Crippen LogP contribution in [-0.2, 0) is 0 Å². The average molecular weight is 115 g/mol. The smallest absolute Gasteiger partial charge is 0.0950 e. The zero-order valence-corrected chi connectivity index (χ0v) is 5.46. The van der Waals surface area contributed by atoms with E-state index in [0.717, 1.165) is 19.4 Å². The molecular formula is C6H13NO. The van der Waals surface area contributed by atoms with Crippen LogP contribution in [0.1, 0.15) is 13.8 Å². The van der Waals surface area contributed by atoms with Crippen LogP contribution in [0.3, 0.4) is 0 Å². The summed E-state index contributed by atoms with van der Waals surface area (Å²) in [4.78, 5) is 2.00. The van der Waals surface area contributed by atoms with E-state index in [2.05, 4.69) is 0 Å². The van der Waals surface area contributed by atoms with Crippen LogP contribution in [0.2, 0.25) is 0 Å². The molecule has 0 unspecified atom stereocenters. The van der Waals surface area contributed by atoms with Crippen molar-refractivity contribution in [1.82, 2.24) is 4.90 Å². The predicted octanol–water partition coefficient (Wildman–Crippen LogP) is 1.36. The zero-order valence-electron chi connectivity index (χ0n) is 5.46. The minimum absolute atomic E-state index is 0.952. The van der Waals surface area contributed by atoms with Crippen molar-refractivity contribution in [1.29, 1.82) is 0 Å².